The second-order valence-electron chi connectivity index (χ2n) is 3.34. The van der Waals surface area contributed by atoms with Gasteiger partial charge in [0, 0.05) is 0 Å². The average Bonchev–Trinajstić information content (AvgIpc) is 2.52. The molecule has 0 fully saturated rings. The van der Waals surface area contributed by atoms with Crippen LogP contribution in [-0.2, 0) is 0 Å². The number of nitrogens with zero attached hydrogens (tertiary/aromatic N) is 2. The van der Waals surface area contributed by atoms with Crippen LogP contribution in [-0.4, -0.2) is 15.9 Å². The maximum atomic E-state index is 11.4. The first-order chi connectivity index (χ1) is 7.25. The molecule has 0 unspecified atom stereocenters. The Hall–Kier alpha value is -2.23. The van der Waals surface area contributed by atoms with E-state index >= 15 is 0 Å². The van der Waals surface area contributed by atoms with Crippen LogP contribution >= 0.6 is 0 Å². The molecule has 2 heterocycles. The number of carbonyl (C=O) groups excluding carboxylic acids is 1. The predicted molar refractivity (Wildman–Crippen MR) is 56.0 cm³/mol. The van der Waals surface area contributed by atoms with Crippen LogP contribution in [0.25, 0.3) is 16.7 Å². The SMILES string of the molecule is C=C1NC(=O)c2nc3ccccc3nc21. The lowest BCUT2D eigenvalue weighted by atomic mass is 10.2. The van der Waals surface area contributed by atoms with Crippen LogP contribution in [0.2, 0.25) is 0 Å². The fourth-order valence-electron chi connectivity index (χ4n) is 1.62. The summed E-state index contributed by atoms with van der Waals surface area (Å²) in [5, 5.41) is 2.60. The molecule has 72 valence electrons. The number of aromatic nitrogens is 2. The van der Waals surface area contributed by atoms with Crippen molar-refractivity contribution in [2.45, 2.75) is 0 Å². The van der Waals surface area contributed by atoms with E-state index in [4.69, 9.17) is 0 Å². The molecule has 1 N–H and O–H groups in total. The second-order valence-corrected chi connectivity index (χ2v) is 3.34. The van der Waals surface area contributed by atoms with Crippen molar-refractivity contribution in [1.29, 1.82) is 0 Å². The number of para-hydroxylation sites is 2. The minimum atomic E-state index is -0.228. The monoisotopic (exact) mass is 197 g/mol. The van der Waals surface area contributed by atoms with E-state index in [1.807, 2.05) is 24.3 Å². The van der Waals surface area contributed by atoms with Crippen molar-refractivity contribution >= 4 is 22.6 Å². The molecule has 0 aliphatic carbocycles. The number of nitrogens with one attached hydrogen (secondary N) is 1. The number of rotatable bonds is 0. The van der Waals surface area contributed by atoms with Gasteiger partial charge in [0.15, 0.2) is 5.69 Å². The van der Waals surface area contributed by atoms with Gasteiger partial charge in [0.25, 0.3) is 5.91 Å². The molecule has 0 bridgehead atoms. The summed E-state index contributed by atoms with van der Waals surface area (Å²) in [7, 11) is 0. The predicted octanol–water partition coefficient (Wildman–Crippen LogP) is 1.34. The maximum Gasteiger partial charge on any atom is 0.276 e. The molecule has 1 aliphatic rings. The number of amides is 1. The molecular formula is C11H7N3O. The normalized spacial score (nSPS) is 14.1. The van der Waals surface area contributed by atoms with Crippen molar-refractivity contribution in [3.63, 3.8) is 0 Å². The van der Waals surface area contributed by atoms with E-state index in [1.165, 1.54) is 0 Å². The average molecular weight is 197 g/mol. The summed E-state index contributed by atoms with van der Waals surface area (Å²) in [6.45, 7) is 3.72. The summed E-state index contributed by atoms with van der Waals surface area (Å²) in [5.41, 5.74) is 2.93. The van der Waals surface area contributed by atoms with Gasteiger partial charge in [-0.25, -0.2) is 9.97 Å². The lowest BCUT2D eigenvalue weighted by molar-refractivity contribution is 0.0977. The molecule has 1 amide bonds. The minimum absolute atomic E-state index is 0.228. The zero-order valence-corrected chi connectivity index (χ0v) is 7.82. The Labute approximate surface area is 85.7 Å². The first-order valence-corrected chi connectivity index (χ1v) is 4.53. The third-order valence-electron chi connectivity index (χ3n) is 2.34. The number of hydrogen-bond acceptors (Lipinski definition) is 3. The van der Waals surface area contributed by atoms with E-state index in [2.05, 4.69) is 21.9 Å². The molecule has 0 radical (unpaired) electrons. The first kappa shape index (κ1) is 8.11. The summed E-state index contributed by atoms with van der Waals surface area (Å²) >= 11 is 0. The Morgan fingerprint density at radius 1 is 1.07 bits per heavy atom. The summed E-state index contributed by atoms with van der Waals surface area (Å²) < 4.78 is 0. The van der Waals surface area contributed by atoms with E-state index in [0.29, 0.717) is 17.1 Å². The van der Waals surface area contributed by atoms with Gasteiger partial charge in [-0.3, -0.25) is 4.79 Å². The van der Waals surface area contributed by atoms with Crippen molar-refractivity contribution in [1.82, 2.24) is 15.3 Å². The van der Waals surface area contributed by atoms with Crippen molar-refractivity contribution in [2.24, 2.45) is 0 Å². The highest BCUT2D eigenvalue weighted by Crippen LogP contribution is 2.21. The van der Waals surface area contributed by atoms with Crippen molar-refractivity contribution in [3.8, 4) is 0 Å². The van der Waals surface area contributed by atoms with Gasteiger partial charge in [-0.15, -0.1) is 0 Å². The van der Waals surface area contributed by atoms with E-state index in [1.54, 1.807) is 0 Å². The fourth-order valence-corrected chi connectivity index (χ4v) is 1.62. The molecule has 4 heteroatoms. The van der Waals surface area contributed by atoms with Gasteiger partial charge in [0.1, 0.15) is 5.69 Å². The van der Waals surface area contributed by atoms with Crippen LogP contribution in [0, 0.1) is 0 Å². The van der Waals surface area contributed by atoms with Crippen LogP contribution in [0.4, 0.5) is 0 Å². The third kappa shape index (κ3) is 1.05. The topological polar surface area (TPSA) is 54.9 Å². The molecule has 0 saturated carbocycles. The van der Waals surface area contributed by atoms with Crippen molar-refractivity contribution in [3.05, 3.63) is 42.2 Å². The van der Waals surface area contributed by atoms with Gasteiger partial charge in [-0.2, -0.15) is 0 Å². The zero-order valence-electron chi connectivity index (χ0n) is 7.82. The Morgan fingerprint density at radius 2 is 1.67 bits per heavy atom. The van der Waals surface area contributed by atoms with Gasteiger partial charge in [0.05, 0.1) is 16.7 Å². The van der Waals surface area contributed by atoms with Crippen LogP contribution < -0.4 is 5.32 Å². The highest BCUT2D eigenvalue weighted by atomic mass is 16.2. The lowest BCUT2D eigenvalue weighted by Gasteiger charge is -1.98. The van der Waals surface area contributed by atoms with Gasteiger partial charge in [0.2, 0.25) is 0 Å². The van der Waals surface area contributed by atoms with E-state index < -0.39 is 0 Å². The molecule has 1 aromatic heterocycles. The number of fused-ring (bicyclic) bond motifs is 2. The zero-order chi connectivity index (χ0) is 10.4. The van der Waals surface area contributed by atoms with Crippen molar-refractivity contribution in [2.75, 3.05) is 0 Å². The molecule has 0 spiro atoms. The molecule has 0 atom stereocenters. The third-order valence-corrected chi connectivity index (χ3v) is 2.34. The minimum Gasteiger partial charge on any atom is -0.319 e. The van der Waals surface area contributed by atoms with E-state index in [9.17, 15) is 4.79 Å². The van der Waals surface area contributed by atoms with Crippen molar-refractivity contribution < 1.29 is 4.79 Å². The van der Waals surface area contributed by atoms with Crippen LogP contribution in [0.3, 0.4) is 0 Å². The van der Waals surface area contributed by atoms with E-state index in [-0.39, 0.29) is 5.91 Å². The summed E-state index contributed by atoms with van der Waals surface area (Å²) in [6.07, 6.45) is 0. The highest BCUT2D eigenvalue weighted by molar-refractivity contribution is 6.07. The summed E-state index contributed by atoms with van der Waals surface area (Å²) in [4.78, 5) is 20.0. The molecule has 2 aromatic rings. The van der Waals surface area contributed by atoms with Gasteiger partial charge >= 0.3 is 0 Å². The Bertz CT molecular complexity index is 551. The second kappa shape index (κ2) is 2.63. The Morgan fingerprint density at radius 3 is 2.33 bits per heavy atom. The van der Waals surface area contributed by atoms with Gasteiger partial charge < -0.3 is 5.32 Å². The Kier molecular flexibility index (Phi) is 1.42. The molecule has 15 heavy (non-hydrogen) atoms. The Balaban J connectivity index is 2.41. The highest BCUT2D eigenvalue weighted by Gasteiger charge is 2.25. The number of benzene rings is 1. The number of hydrogen-bond donors (Lipinski definition) is 1. The van der Waals surface area contributed by atoms with Crippen LogP contribution in [0.1, 0.15) is 16.2 Å². The number of carbonyl (C=O) groups is 1. The molecular weight excluding hydrogens is 190 g/mol. The molecule has 3 rings (SSSR count). The van der Waals surface area contributed by atoms with Gasteiger partial charge in [-0.1, -0.05) is 18.7 Å². The van der Waals surface area contributed by atoms with Crippen LogP contribution in [0.5, 0.6) is 0 Å². The van der Waals surface area contributed by atoms with E-state index in [0.717, 1.165) is 11.0 Å². The largest absolute Gasteiger partial charge is 0.319 e. The smallest absolute Gasteiger partial charge is 0.276 e. The molecule has 4 nitrogen and oxygen atoms in total. The molecule has 1 aromatic carbocycles. The fraction of sp³-hybridized carbons (Fsp3) is 0. The summed E-state index contributed by atoms with van der Waals surface area (Å²) in [6, 6.07) is 7.44. The lowest BCUT2D eigenvalue weighted by Crippen LogP contribution is -2.12. The standard InChI is InChI=1S/C11H7N3O/c1-6-9-10(11(15)12-6)14-8-5-3-2-4-7(8)13-9/h2-5H,1H2,(H,12,15). The molecule has 0 saturated heterocycles. The quantitative estimate of drug-likeness (QED) is 0.693. The molecule has 1 aliphatic heterocycles. The summed E-state index contributed by atoms with van der Waals surface area (Å²) in [5.74, 6) is -0.228. The maximum absolute atomic E-state index is 11.4. The first-order valence-electron chi connectivity index (χ1n) is 4.53. The van der Waals surface area contributed by atoms with Gasteiger partial charge in [-0.05, 0) is 12.1 Å². The van der Waals surface area contributed by atoms with Crippen LogP contribution in [0.15, 0.2) is 30.8 Å².